The van der Waals surface area contributed by atoms with E-state index < -0.39 is 42.3 Å². The van der Waals surface area contributed by atoms with Crippen molar-refractivity contribution in [2.75, 3.05) is 5.32 Å². The summed E-state index contributed by atoms with van der Waals surface area (Å²) in [7, 11) is 0. The Labute approximate surface area is 156 Å². The second kappa shape index (κ2) is 6.15. The molecule has 1 N–H and O–H groups in total. The summed E-state index contributed by atoms with van der Waals surface area (Å²) in [6, 6.07) is 6.84. The summed E-state index contributed by atoms with van der Waals surface area (Å²) in [5, 5.41) is 3.42. The lowest BCUT2D eigenvalue weighted by molar-refractivity contribution is -0.229. The van der Waals surface area contributed by atoms with Crippen molar-refractivity contribution in [2.45, 2.75) is 70.0 Å². The third-order valence-electron chi connectivity index (χ3n) is 4.52. The zero-order chi connectivity index (χ0) is 18.7. The van der Waals surface area contributed by atoms with Crippen LogP contribution in [-0.4, -0.2) is 48.2 Å². The van der Waals surface area contributed by atoms with Gasteiger partial charge in [-0.25, -0.2) is 0 Å². The van der Waals surface area contributed by atoms with E-state index in [1.807, 2.05) is 0 Å². The van der Waals surface area contributed by atoms with E-state index in [1.165, 1.54) is 0 Å². The van der Waals surface area contributed by atoms with Crippen molar-refractivity contribution < 1.29 is 28.5 Å². The first kappa shape index (κ1) is 18.2. The van der Waals surface area contributed by atoms with Crippen LogP contribution in [0.5, 0.6) is 0 Å². The minimum absolute atomic E-state index is 0.338. The normalized spacial score (nSPS) is 37.0. The lowest BCUT2D eigenvalue weighted by Gasteiger charge is -2.36. The van der Waals surface area contributed by atoms with E-state index in [0.717, 1.165) is 0 Å². The Kier molecular flexibility index (Phi) is 4.30. The highest BCUT2D eigenvalue weighted by Crippen LogP contribution is 2.44. The standard InChI is InChI=1S/C18H22ClNO6/c1-17(2)23-11-12(24-17)14-16(26-18(3,4)25-14)22-13(11)15(21)20-10-7-5-9(19)6-8-10/h5-8,11-14,16H,1-4H3,(H,20,21)/t11-,12-,13+,14+,16+/m1/s1. The lowest BCUT2D eigenvalue weighted by Crippen LogP contribution is -2.58. The molecule has 0 radical (unpaired) electrons. The van der Waals surface area contributed by atoms with Crippen LogP contribution in [0.25, 0.3) is 0 Å². The van der Waals surface area contributed by atoms with Crippen molar-refractivity contribution >= 4 is 23.2 Å². The van der Waals surface area contributed by atoms with E-state index in [2.05, 4.69) is 5.32 Å². The maximum absolute atomic E-state index is 12.9. The predicted octanol–water partition coefficient (Wildman–Crippen LogP) is 2.68. The number of ether oxygens (including phenoxy) is 5. The van der Waals surface area contributed by atoms with Crippen molar-refractivity contribution in [1.82, 2.24) is 0 Å². The number of hydrogen-bond donors (Lipinski definition) is 1. The van der Waals surface area contributed by atoms with Crippen molar-refractivity contribution in [3.8, 4) is 0 Å². The molecular formula is C18H22ClNO6. The van der Waals surface area contributed by atoms with Crippen LogP contribution in [0.4, 0.5) is 5.69 Å². The van der Waals surface area contributed by atoms with Crippen LogP contribution >= 0.6 is 11.6 Å². The van der Waals surface area contributed by atoms with Gasteiger partial charge in [0.25, 0.3) is 5.91 Å². The Hall–Kier alpha value is -1.22. The smallest absolute Gasteiger partial charge is 0.256 e. The van der Waals surface area contributed by atoms with Gasteiger partial charge in [0.1, 0.15) is 18.3 Å². The molecule has 0 aromatic heterocycles. The second-order valence-corrected chi connectivity index (χ2v) is 8.02. The van der Waals surface area contributed by atoms with E-state index in [0.29, 0.717) is 10.7 Å². The van der Waals surface area contributed by atoms with Crippen LogP contribution in [-0.2, 0) is 28.5 Å². The first-order valence-corrected chi connectivity index (χ1v) is 8.95. The Morgan fingerprint density at radius 2 is 1.50 bits per heavy atom. The summed E-state index contributed by atoms with van der Waals surface area (Å²) in [6.45, 7) is 7.20. The number of carbonyl (C=O) groups is 1. The van der Waals surface area contributed by atoms with Gasteiger partial charge < -0.3 is 29.0 Å². The molecule has 7 nitrogen and oxygen atoms in total. The average Bonchev–Trinajstić information content (AvgIpc) is 3.02. The highest BCUT2D eigenvalue weighted by molar-refractivity contribution is 6.30. The molecule has 0 spiro atoms. The minimum atomic E-state index is -0.892. The molecule has 5 atom stereocenters. The SMILES string of the molecule is CC1(C)O[C@@H]2O[C@H](C(=O)Nc3ccc(Cl)cc3)[C@@H]3OC(C)(C)O[C@H]3[C@@H]2O1. The fourth-order valence-electron chi connectivity index (χ4n) is 3.57. The molecule has 8 heteroatoms. The maximum atomic E-state index is 12.9. The average molecular weight is 384 g/mol. The number of halogens is 1. The van der Waals surface area contributed by atoms with Gasteiger partial charge in [-0.1, -0.05) is 11.6 Å². The second-order valence-electron chi connectivity index (χ2n) is 7.59. The van der Waals surface area contributed by atoms with Gasteiger partial charge in [-0.05, 0) is 52.0 Å². The van der Waals surface area contributed by atoms with Crippen molar-refractivity contribution in [1.29, 1.82) is 0 Å². The summed E-state index contributed by atoms with van der Waals surface area (Å²) in [6.07, 6.45) is -3.13. The van der Waals surface area contributed by atoms with Crippen LogP contribution in [0, 0.1) is 0 Å². The van der Waals surface area contributed by atoms with Gasteiger partial charge in [0, 0.05) is 10.7 Å². The Balaban J connectivity index is 1.57. The molecule has 3 saturated heterocycles. The number of anilines is 1. The van der Waals surface area contributed by atoms with Gasteiger partial charge >= 0.3 is 0 Å². The lowest BCUT2D eigenvalue weighted by atomic mass is 9.98. The zero-order valence-electron chi connectivity index (χ0n) is 15.0. The summed E-state index contributed by atoms with van der Waals surface area (Å²) < 4.78 is 29.6. The summed E-state index contributed by atoms with van der Waals surface area (Å²) in [5.74, 6) is -2.00. The van der Waals surface area contributed by atoms with Gasteiger partial charge in [-0.3, -0.25) is 4.79 Å². The summed E-state index contributed by atoms with van der Waals surface area (Å²) >= 11 is 5.88. The Morgan fingerprint density at radius 3 is 2.19 bits per heavy atom. The van der Waals surface area contributed by atoms with E-state index in [-0.39, 0.29) is 5.91 Å². The van der Waals surface area contributed by atoms with Crippen LogP contribution in [0.3, 0.4) is 0 Å². The topological polar surface area (TPSA) is 75.3 Å². The molecule has 1 aromatic rings. The number of benzene rings is 1. The largest absolute Gasteiger partial charge is 0.342 e. The van der Waals surface area contributed by atoms with E-state index in [1.54, 1.807) is 52.0 Å². The molecule has 0 bridgehead atoms. The van der Waals surface area contributed by atoms with Crippen LogP contribution in [0.2, 0.25) is 5.02 Å². The first-order chi connectivity index (χ1) is 12.1. The number of carbonyl (C=O) groups excluding carboxylic acids is 1. The number of rotatable bonds is 2. The number of hydrogen-bond acceptors (Lipinski definition) is 6. The Bertz CT molecular complexity index is 706. The van der Waals surface area contributed by atoms with Gasteiger partial charge in [0.05, 0.1) is 0 Å². The maximum Gasteiger partial charge on any atom is 0.256 e. The van der Waals surface area contributed by atoms with E-state index in [9.17, 15) is 4.79 Å². The third kappa shape index (κ3) is 3.35. The first-order valence-electron chi connectivity index (χ1n) is 8.57. The molecule has 1 aromatic carbocycles. The van der Waals surface area contributed by atoms with Gasteiger partial charge in [-0.15, -0.1) is 0 Å². The Morgan fingerprint density at radius 1 is 0.923 bits per heavy atom. The molecule has 3 aliphatic heterocycles. The highest BCUT2D eigenvalue weighted by Gasteiger charge is 2.62. The van der Waals surface area contributed by atoms with Crippen molar-refractivity contribution in [3.63, 3.8) is 0 Å². The fraction of sp³-hybridized carbons (Fsp3) is 0.611. The van der Waals surface area contributed by atoms with Crippen LogP contribution in [0.15, 0.2) is 24.3 Å². The molecule has 3 heterocycles. The number of fused-ring (bicyclic) bond motifs is 3. The molecule has 0 unspecified atom stereocenters. The van der Waals surface area contributed by atoms with Gasteiger partial charge in [0.2, 0.25) is 0 Å². The van der Waals surface area contributed by atoms with Crippen molar-refractivity contribution in [2.24, 2.45) is 0 Å². The number of nitrogens with one attached hydrogen (secondary N) is 1. The minimum Gasteiger partial charge on any atom is -0.342 e. The fourth-order valence-corrected chi connectivity index (χ4v) is 3.70. The molecular weight excluding hydrogens is 362 g/mol. The number of amides is 1. The van der Waals surface area contributed by atoms with Crippen LogP contribution < -0.4 is 5.32 Å². The van der Waals surface area contributed by atoms with Crippen molar-refractivity contribution in [3.05, 3.63) is 29.3 Å². The third-order valence-corrected chi connectivity index (χ3v) is 4.78. The molecule has 0 aliphatic carbocycles. The summed E-state index contributed by atoms with van der Waals surface area (Å²) in [4.78, 5) is 12.9. The zero-order valence-corrected chi connectivity index (χ0v) is 15.8. The van der Waals surface area contributed by atoms with Gasteiger partial charge in [0.15, 0.2) is 24.0 Å². The monoisotopic (exact) mass is 383 g/mol. The van der Waals surface area contributed by atoms with Crippen LogP contribution in [0.1, 0.15) is 27.7 Å². The molecule has 4 rings (SSSR count). The molecule has 1 amide bonds. The van der Waals surface area contributed by atoms with Gasteiger partial charge in [-0.2, -0.15) is 0 Å². The predicted molar refractivity (Wildman–Crippen MR) is 92.6 cm³/mol. The summed E-state index contributed by atoms with van der Waals surface area (Å²) in [5.41, 5.74) is 0.615. The molecule has 3 fully saturated rings. The highest BCUT2D eigenvalue weighted by atomic mass is 35.5. The molecule has 142 valence electrons. The molecule has 26 heavy (non-hydrogen) atoms. The molecule has 0 saturated carbocycles. The van der Waals surface area contributed by atoms with E-state index in [4.69, 9.17) is 35.3 Å². The quantitative estimate of drug-likeness (QED) is 0.846. The molecule has 3 aliphatic rings. The van der Waals surface area contributed by atoms with E-state index >= 15 is 0 Å².